The Balaban J connectivity index is 1.47. The number of amides is 1. The molecule has 0 radical (unpaired) electrons. The second kappa shape index (κ2) is 7.91. The van der Waals surface area contributed by atoms with Crippen LogP contribution in [0, 0.1) is 0 Å². The molecule has 2 aromatic carbocycles. The molecule has 1 N–H and O–H groups in total. The Morgan fingerprint density at radius 2 is 1.89 bits per heavy atom. The van der Waals surface area contributed by atoms with Gasteiger partial charge in [0.1, 0.15) is 0 Å². The summed E-state index contributed by atoms with van der Waals surface area (Å²) in [6.45, 7) is 0.730. The topological polar surface area (TPSA) is 60.5 Å². The third-order valence-electron chi connectivity index (χ3n) is 4.62. The van der Waals surface area contributed by atoms with E-state index in [2.05, 4.69) is 28.5 Å². The predicted molar refractivity (Wildman–Crippen MR) is 102 cm³/mol. The highest BCUT2D eigenvalue weighted by Gasteiger charge is 2.18. The van der Waals surface area contributed by atoms with Crippen LogP contribution in [0.15, 0.2) is 73.1 Å². The molecule has 2 heterocycles. The number of hydrogen-bond acceptors (Lipinski definition) is 4. The third kappa shape index (κ3) is 4.08. The van der Waals surface area contributed by atoms with Crippen molar-refractivity contribution in [2.45, 2.75) is 12.3 Å². The van der Waals surface area contributed by atoms with Crippen LogP contribution in [0.25, 0.3) is 0 Å². The van der Waals surface area contributed by atoms with E-state index in [1.165, 1.54) is 5.56 Å². The van der Waals surface area contributed by atoms with Gasteiger partial charge in [0, 0.05) is 30.4 Å². The Hall–Kier alpha value is -3.34. The van der Waals surface area contributed by atoms with Crippen molar-refractivity contribution < 1.29 is 14.3 Å². The number of benzene rings is 2. The van der Waals surface area contributed by atoms with Crippen LogP contribution in [0.4, 0.5) is 0 Å². The van der Waals surface area contributed by atoms with Crippen LogP contribution in [-0.2, 0) is 6.42 Å². The molecule has 1 aliphatic rings. The lowest BCUT2D eigenvalue weighted by atomic mass is 9.92. The molecule has 0 saturated carbocycles. The summed E-state index contributed by atoms with van der Waals surface area (Å²) in [7, 11) is 0. The van der Waals surface area contributed by atoms with E-state index in [0.717, 1.165) is 12.0 Å². The van der Waals surface area contributed by atoms with Crippen molar-refractivity contribution in [3.63, 3.8) is 0 Å². The summed E-state index contributed by atoms with van der Waals surface area (Å²) < 4.78 is 10.6. The smallest absolute Gasteiger partial charge is 0.251 e. The predicted octanol–water partition coefficient (Wildman–Crippen LogP) is 3.57. The van der Waals surface area contributed by atoms with E-state index in [-0.39, 0.29) is 18.6 Å². The molecule has 0 saturated heterocycles. The molecule has 0 aliphatic carbocycles. The monoisotopic (exact) mass is 360 g/mol. The third-order valence-corrected chi connectivity index (χ3v) is 4.62. The fraction of sp³-hybridized carbons (Fsp3) is 0.182. The number of rotatable bonds is 6. The van der Waals surface area contributed by atoms with Crippen LogP contribution in [-0.4, -0.2) is 24.2 Å². The Morgan fingerprint density at radius 1 is 1.04 bits per heavy atom. The zero-order valence-electron chi connectivity index (χ0n) is 14.8. The summed E-state index contributed by atoms with van der Waals surface area (Å²) >= 11 is 0. The normalized spacial score (nSPS) is 13.2. The summed E-state index contributed by atoms with van der Waals surface area (Å²) in [6, 6.07) is 19.4. The molecule has 136 valence electrons. The molecule has 1 atom stereocenters. The zero-order valence-corrected chi connectivity index (χ0v) is 14.8. The summed E-state index contributed by atoms with van der Waals surface area (Å²) in [5, 5.41) is 3.05. The van der Waals surface area contributed by atoms with Crippen molar-refractivity contribution >= 4 is 5.91 Å². The Morgan fingerprint density at radius 3 is 2.70 bits per heavy atom. The van der Waals surface area contributed by atoms with E-state index in [1.54, 1.807) is 24.4 Å². The Bertz CT molecular complexity index is 913. The van der Waals surface area contributed by atoms with E-state index in [1.807, 2.05) is 30.5 Å². The molecule has 1 aromatic heterocycles. The van der Waals surface area contributed by atoms with Gasteiger partial charge >= 0.3 is 0 Å². The van der Waals surface area contributed by atoms with Gasteiger partial charge in [-0.15, -0.1) is 0 Å². The van der Waals surface area contributed by atoms with Gasteiger partial charge in [-0.2, -0.15) is 0 Å². The van der Waals surface area contributed by atoms with Crippen molar-refractivity contribution in [2.24, 2.45) is 0 Å². The van der Waals surface area contributed by atoms with Crippen molar-refractivity contribution in [3.05, 3.63) is 89.7 Å². The molecule has 0 bridgehead atoms. The van der Waals surface area contributed by atoms with Crippen LogP contribution in [0.2, 0.25) is 0 Å². The molecule has 27 heavy (non-hydrogen) atoms. The number of pyridine rings is 1. The quantitative estimate of drug-likeness (QED) is 0.730. The van der Waals surface area contributed by atoms with Crippen molar-refractivity contribution in [2.75, 3.05) is 13.3 Å². The number of fused-ring (bicyclic) bond motifs is 1. The molecule has 4 rings (SSSR count). The van der Waals surface area contributed by atoms with Gasteiger partial charge in [0.15, 0.2) is 11.5 Å². The van der Waals surface area contributed by atoms with Crippen molar-refractivity contribution in [3.8, 4) is 11.5 Å². The summed E-state index contributed by atoms with van der Waals surface area (Å²) in [4.78, 5) is 16.8. The van der Waals surface area contributed by atoms with Crippen LogP contribution in [0.3, 0.4) is 0 Å². The van der Waals surface area contributed by atoms with Crippen molar-refractivity contribution in [1.29, 1.82) is 0 Å². The lowest BCUT2D eigenvalue weighted by molar-refractivity contribution is 0.0950. The number of nitrogens with one attached hydrogen (secondary N) is 1. The Labute approximate surface area is 158 Å². The molecule has 3 aromatic rings. The van der Waals surface area contributed by atoms with E-state index >= 15 is 0 Å². The summed E-state index contributed by atoms with van der Waals surface area (Å²) in [5.41, 5.74) is 2.89. The number of carbonyl (C=O) groups is 1. The zero-order chi connectivity index (χ0) is 18.5. The molecular formula is C22H20N2O3. The van der Waals surface area contributed by atoms with Gasteiger partial charge in [0.05, 0.1) is 0 Å². The van der Waals surface area contributed by atoms with Gasteiger partial charge in [0.2, 0.25) is 6.79 Å². The first-order chi connectivity index (χ1) is 13.3. The fourth-order valence-corrected chi connectivity index (χ4v) is 3.19. The fourth-order valence-electron chi connectivity index (χ4n) is 3.19. The average molecular weight is 360 g/mol. The summed E-state index contributed by atoms with van der Waals surface area (Å²) in [5.74, 6) is 1.32. The van der Waals surface area contributed by atoms with Crippen molar-refractivity contribution in [1.82, 2.24) is 10.3 Å². The van der Waals surface area contributed by atoms with E-state index in [4.69, 9.17) is 9.47 Å². The minimum Gasteiger partial charge on any atom is -0.454 e. The molecule has 1 unspecified atom stereocenters. The highest BCUT2D eigenvalue weighted by molar-refractivity contribution is 5.95. The largest absolute Gasteiger partial charge is 0.454 e. The highest BCUT2D eigenvalue weighted by Crippen LogP contribution is 2.32. The van der Waals surface area contributed by atoms with Crippen LogP contribution >= 0.6 is 0 Å². The van der Waals surface area contributed by atoms with Gasteiger partial charge in [0.25, 0.3) is 5.91 Å². The standard InChI is InChI=1S/C22H20N2O3/c25-22(18-8-9-20-21(12-18)27-15-26-20)24-14-19(17-6-2-1-3-7-17)11-16-5-4-10-23-13-16/h1-10,12-13,19H,11,14-15H2,(H,24,25). The maximum Gasteiger partial charge on any atom is 0.251 e. The van der Waals surface area contributed by atoms with E-state index in [0.29, 0.717) is 23.6 Å². The molecule has 0 spiro atoms. The number of hydrogen-bond donors (Lipinski definition) is 1. The van der Waals surface area contributed by atoms with E-state index in [9.17, 15) is 4.79 Å². The first-order valence-electron chi connectivity index (χ1n) is 8.91. The molecule has 1 aliphatic heterocycles. The van der Waals surface area contributed by atoms with Crippen LogP contribution in [0.5, 0.6) is 11.5 Å². The van der Waals surface area contributed by atoms with Gasteiger partial charge in [-0.3, -0.25) is 9.78 Å². The van der Waals surface area contributed by atoms with Gasteiger partial charge in [-0.05, 0) is 41.8 Å². The first-order valence-corrected chi connectivity index (χ1v) is 8.91. The maximum atomic E-state index is 12.6. The molecular weight excluding hydrogens is 340 g/mol. The van der Waals surface area contributed by atoms with E-state index < -0.39 is 0 Å². The molecule has 5 nitrogen and oxygen atoms in total. The Kier molecular flexibility index (Phi) is 5.01. The van der Waals surface area contributed by atoms with Crippen LogP contribution in [0.1, 0.15) is 27.4 Å². The van der Waals surface area contributed by atoms with Gasteiger partial charge in [-0.25, -0.2) is 0 Å². The second-order valence-corrected chi connectivity index (χ2v) is 6.45. The average Bonchev–Trinajstić information content (AvgIpc) is 3.20. The van der Waals surface area contributed by atoms with Gasteiger partial charge < -0.3 is 14.8 Å². The number of carbonyl (C=O) groups excluding carboxylic acids is 1. The molecule has 0 fully saturated rings. The number of aromatic nitrogens is 1. The van der Waals surface area contributed by atoms with Crippen LogP contribution < -0.4 is 14.8 Å². The minimum absolute atomic E-state index is 0.125. The maximum absolute atomic E-state index is 12.6. The molecule has 5 heteroatoms. The number of nitrogens with zero attached hydrogens (tertiary/aromatic N) is 1. The SMILES string of the molecule is O=C(NCC(Cc1cccnc1)c1ccccc1)c1ccc2c(c1)OCO2. The van der Waals surface area contributed by atoms with Gasteiger partial charge in [-0.1, -0.05) is 36.4 Å². The highest BCUT2D eigenvalue weighted by atomic mass is 16.7. The summed E-state index contributed by atoms with van der Waals surface area (Å²) in [6.07, 6.45) is 4.44. The molecule has 1 amide bonds. The lowest BCUT2D eigenvalue weighted by Gasteiger charge is -2.18. The number of ether oxygens (including phenoxy) is 2. The second-order valence-electron chi connectivity index (χ2n) is 6.45. The minimum atomic E-state index is -0.125. The first kappa shape index (κ1) is 17.1. The lowest BCUT2D eigenvalue weighted by Crippen LogP contribution is -2.29.